The van der Waals surface area contributed by atoms with E-state index < -0.39 is 0 Å². The standard InChI is InChI=1S/C21H18N4O3S.C19H17FN2O2.2C19H18N2O2.C15H14N4O2S/c1-25-21(27)17-6-4-3-5-16(17)18(24-25)11-14(26)12-19-22-23-20(29-19)13-7-9-15(28-2)10-8-13;1-12-7-8-13(17(20)9-12)10-14(23)11-18-15-5-3-4-6-16(15)19(24)22(2)21-18;2*1-13-7-9-14(10-8-13)11-15(22)12-18-16-5-3-4-6-17(16)19(23)21(2)20-18;1-9-16-17-14(22-9)8-10(20)7-13-11-5-3-4-6-12(11)15(21)19(2)18-13/h3-10H,11-12H2,1-2H3;3-9H,10-11H2,1-2H3;2*3-10H,11-12H2,1-2H3;3-6H,7-8H2,1-2H3. The molecule has 7 aromatic heterocycles. The summed E-state index contributed by atoms with van der Waals surface area (Å²) in [6, 6.07) is 64.4. The average molecular weight is 1660 g/mol. The molecule has 0 aliphatic carbocycles. The first-order valence-electron chi connectivity index (χ1n) is 38.6. The summed E-state index contributed by atoms with van der Waals surface area (Å²) in [4.78, 5) is 123. The van der Waals surface area contributed by atoms with E-state index in [9.17, 15) is 52.3 Å². The van der Waals surface area contributed by atoms with Gasteiger partial charge in [0.2, 0.25) is 0 Å². The zero-order chi connectivity index (χ0) is 86.1. The fourth-order valence-electron chi connectivity index (χ4n) is 13.6. The Labute approximate surface area is 701 Å². The van der Waals surface area contributed by atoms with Gasteiger partial charge in [-0.2, -0.15) is 25.5 Å². The highest BCUT2D eigenvalue weighted by Gasteiger charge is 2.21. The van der Waals surface area contributed by atoms with Crippen molar-refractivity contribution in [1.29, 1.82) is 0 Å². The molecule has 0 saturated heterocycles. The van der Waals surface area contributed by atoms with Crippen molar-refractivity contribution in [2.75, 3.05) is 7.11 Å². The molecule has 0 aliphatic heterocycles. The van der Waals surface area contributed by atoms with Crippen LogP contribution in [-0.4, -0.2) is 105 Å². The van der Waals surface area contributed by atoms with E-state index in [1.165, 1.54) is 63.3 Å². The van der Waals surface area contributed by atoms with Gasteiger partial charge in [0.05, 0.1) is 107 Å². The predicted molar refractivity (Wildman–Crippen MR) is 467 cm³/mol. The van der Waals surface area contributed by atoms with Crippen LogP contribution in [0.3, 0.4) is 0 Å². The Morgan fingerprint density at radius 2 is 0.612 bits per heavy atom. The van der Waals surface area contributed by atoms with Crippen LogP contribution in [0.2, 0.25) is 0 Å². The summed E-state index contributed by atoms with van der Waals surface area (Å²) in [5, 5.41) is 46.9. The van der Waals surface area contributed by atoms with Crippen LogP contribution >= 0.6 is 22.7 Å². The van der Waals surface area contributed by atoms with Gasteiger partial charge in [-0.1, -0.05) is 174 Å². The molecule has 0 fully saturated rings. The number of carbonyl (C=O) groups excluding carboxylic acids is 5. The maximum atomic E-state index is 13.9. The second-order valence-corrected chi connectivity index (χ2v) is 31.4. The Bertz CT molecular complexity index is 6760. The number of benzene rings is 9. The molecule has 0 saturated carbocycles. The first-order chi connectivity index (χ1) is 58.1. The molecule has 0 radical (unpaired) electrons. The summed E-state index contributed by atoms with van der Waals surface area (Å²) in [5.41, 5.74) is 8.67. The van der Waals surface area contributed by atoms with Gasteiger partial charge >= 0.3 is 0 Å². The van der Waals surface area contributed by atoms with Crippen LogP contribution in [0.5, 0.6) is 5.75 Å². The van der Waals surface area contributed by atoms with Crippen LogP contribution in [-0.2, 0) is 123 Å². The number of hydrogen-bond acceptors (Lipinski definition) is 22. The highest BCUT2D eigenvalue weighted by Crippen LogP contribution is 2.28. The number of ketones is 5. The Morgan fingerprint density at radius 1 is 0.322 bits per heavy atom. The number of nitrogens with zero attached hydrogens (tertiary/aromatic N) is 14. The number of ether oxygens (including phenoxy) is 1. The molecule has 612 valence electrons. The van der Waals surface area contributed by atoms with Crippen molar-refractivity contribution in [3.8, 4) is 16.3 Å². The van der Waals surface area contributed by atoms with Crippen molar-refractivity contribution in [2.24, 2.45) is 35.2 Å². The molecular weight excluding hydrogens is 1570 g/mol. The molecule has 0 atom stereocenters. The molecule has 25 nitrogen and oxygen atoms in total. The molecule has 16 rings (SSSR count). The Morgan fingerprint density at radius 3 is 0.917 bits per heavy atom. The van der Waals surface area contributed by atoms with Gasteiger partial charge in [-0.05, 0) is 111 Å². The van der Waals surface area contributed by atoms with Crippen molar-refractivity contribution in [2.45, 2.75) is 91.9 Å². The number of aryl methyl sites for hydroxylation is 9. The molecule has 0 amide bonds. The molecule has 7 heterocycles. The minimum absolute atomic E-state index is 0.00492. The quantitative estimate of drug-likeness (QED) is 0.0608. The van der Waals surface area contributed by atoms with Gasteiger partial charge < -0.3 is 4.74 Å². The van der Waals surface area contributed by atoms with Crippen LogP contribution < -0.4 is 32.5 Å². The summed E-state index contributed by atoms with van der Waals surface area (Å²) in [7, 11) is 9.59. The third kappa shape index (κ3) is 22.0. The molecule has 0 unspecified atom stereocenters. The van der Waals surface area contributed by atoms with Crippen LogP contribution in [0.15, 0.2) is 236 Å². The van der Waals surface area contributed by atoms with Crippen LogP contribution in [0, 0.1) is 33.5 Å². The summed E-state index contributed by atoms with van der Waals surface area (Å²) >= 11 is 2.81. The number of rotatable bonds is 22. The molecular formula is C93H85FN14O11S2. The van der Waals surface area contributed by atoms with E-state index in [0.29, 0.717) is 94.6 Å². The van der Waals surface area contributed by atoms with Crippen molar-refractivity contribution >= 4 is 105 Å². The highest BCUT2D eigenvalue weighted by molar-refractivity contribution is 7.14. The first-order valence-corrected chi connectivity index (χ1v) is 40.2. The molecule has 28 heteroatoms. The summed E-state index contributed by atoms with van der Waals surface area (Å²) in [6.07, 6.45) is 1.98. The van der Waals surface area contributed by atoms with Crippen LogP contribution in [0.1, 0.15) is 76.9 Å². The minimum atomic E-state index is -0.373. The number of carbonyl (C=O) groups is 5. The number of hydrogen-bond donors (Lipinski definition) is 0. The number of halogens is 1. The maximum absolute atomic E-state index is 13.9. The smallest absolute Gasteiger partial charge is 0.274 e. The molecule has 0 aliphatic rings. The molecule has 9 aromatic carbocycles. The van der Waals surface area contributed by atoms with E-state index in [0.717, 1.165) is 54.2 Å². The van der Waals surface area contributed by atoms with E-state index in [1.54, 1.807) is 122 Å². The zero-order valence-electron chi connectivity index (χ0n) is 68.2. The lowest BCUT2D eigenvalue weighted by atomic mass is 10.0. The van der Waals surface area contributed by atoms with Crippen molar-refractivity contribution < 1.29 is 33.1 Å². The van der Waals surface area contributed by atoms with Gasteiger partial charge in [0.1, 0.15) is 60.5 Å². The third-order valence-corrected chi connectivity index (χ3v) is 21.5. The second kappa shape index (κ2) is 39.4. The number of aromatic nitrogens is 14. The van der Waals surface area contributed by atoms with E-state index in [2.05, 4.69) is 45.9 Å². The Hall–Kier alpha value is -14.1. The molecule has 16 aromatic rings. The average Bonchev–Trinajstić information content (AvgIpc) is 1.11. The monoisotopic (exact) mass is 1660 g/mol. The van der Waals surface area contributed by atoms with E-state index >= 15 is 0 Å². The van der Waals surface area contributed by atoms with Crippen molar-refractivity contribution in [3.05, 3.63) is 347 Å². The maximum Gasteiger partial charge on any atom is 0.274 e. The summed E-state index contributed by atoms with van der Waals surface area (Å²) in [6.45, 7) is 7.70. The van der Waals surface area contributed by atoms with Gasteiger partial charge in [0, 0.05) is 87.0 Å². The van der Waals surface area contributed by atoms with Gasteiger partial charge in [0.15, 0.2) is 0 Å². The first kappa shape index (κ1) is 86.2. The van der Waals surface area contributed by atoms with E-state index in [-0.39, 0.29) is 114 Å². The Balaban J connectivity index is 0.000000139. The Kier molecular flexibility index (Phi) is 28.1. The molecule has 0 bridgehead atoms. The zero-order valence-corrected chi connectivity index (χ0v) is 69.9. The van der Waals surface area contributed by atoms with Gasteiger partial charge in [0.25, 0.3) is 27.8 Å². The van der Waals surface area contributed by atoms with Crippen molar-refractivity contribution in [3.63, 3.8) is 0 Å². The molecule has 121 heavy (non-hydrogen) atoms. The SMILES string of the molecule is COc1ccc(-c2nnc(CC(=O)Cc3nn(C)c(=O)c4ccccc34)s2)cc1.Cc1ccc(CC(=O)Cc2nn(C)c(=O)c3ccccc23)c(F)c1.Cc1ccc(CC(=O)Cc2nn(C)c(=O)c3ccccc23)cc1.Cc1ccc(CC(=O)Cc2nn(C)c(=O)c3ccccc23)cc1.Cc1nnc(CC(=O)Cc2nn(C)c(=O)c3ccccc23)s1. The van der Waals surface area contributed by atoms with Crippen LogP contribution in [0.25, 0.3) is 64.4 Å². The van der Waals surface area contributed by atoms with Gasteiger partial charge in [-0.25, -0.2) is 27.8 Å². The van der Waals surface area contributed by atoms with Crippen LogP contribution in [0.4, 0.5) is 4.39 Å². The molecule has 0 N–H and O–H groups in total. The lowest BCUT2D eigenvalue weighted by Gasteiger charge is -2.08. The second-order valence-electron chi connectivity index (χ2n) is 29.1. The summed E-state index contributed by atoms with van der Waals surface area (Å²) < 4.78 is 25.5. The van der Waals surface area contributed by atoms with E-state index in [4.69, 9.17) is 4.74 Å². The minimum Gasteiger partial charge on any atom is -0.497 e. The molecule has 0 spiro atoms. The number of methoxy groups -OCH3 is 1. The lowest BCUT2D eigenvalue weighted by molar-refractivity contribution is -0.118. The predicted octanol–water partition coefficient (Wildman–Crippen LogP) is 12.2. The lowest BCUT2D eigenvalue weighted by Crippen LogP contribution is -2.22. The number of fused-ring (bicyclic) bond motifs is 5. The fourth-order valence-corrected chi connectivity index (χ4v) is 15.2. The van der Waals surface area contributed by atoms with E-state index in [1.807, 2.05) is 154 Å². The normalized spacial score (nSPS) is 10.9. The van der Waals surface area contributed by atoms with Crippen molar-refractivity contribution in [1.82, 2.24) is 69.3 Å². The third-order valence-electron chi connectivity index (χ3n) is 19.7. The number of Topliss-reactive ketones (excluding diaryl/α,β-unsaturated/α-hetero) is 5. The van der Waals surface area contributed by atoms with Gasteiger partial charge in [-0.3, -0.25) is 47.9 Å². The topological polar surface area (TPSA) is 321 Å². The van der Waals surface area contributed by atoms with Gasteiger partial charge in [-0.15, -0.1) is 31.7 Å². The summed E-state index contributed by atoms with van der Waals surface area (Å²) in [5.74, 6) is 0.405. The highest BCUT2D eigenvalue weighted by atomic mass is 32.1. The fraction of sp³-hybridized carbons (Fsp3) is 0.215. The largest absolute Gasteiger partial charge is 0.497 e.